The Bertz CT molecular complexity index is 1750. The lowest BCUT2D eigenvalue weighted by Gasteiger charge is -2.22. The maximum absolute atomic E-state index is 13.6. The predicted octanol–water partition coefficient (Wildman–Crippen LogP) is 6.07. The summed E-state index contributed by atoms with van der Waals surface area (Å²) >= 11 is 3.50. The number of ether oxygens (including phenoxy) is 2. The number of anilines is 1. The molecule has 0 saturated carbocycles. The van der Waals surface area contributed by atoms with Crippen molar-refractivity contribution >= 4 is 49.7 Å². The zero-order valence-electron chi connectivity index (χ0n) is 21.0. The third kappa shape index (κ3) is 4.32. The molecule has 38 heavy (non-hydrogen) atoms. The second-order valence-corrected chi connectivity index (χ2v) is 9.98. The second kappa shape index (κ2) is 9.98. The van der Waals surface area contributed by atoms with Crippen molar-refractivity contribution in [1.82, 2.24) is 9.66 Å². The van der Waals surface area contributed by atoms with Gasteiger partial charge in [-0.1, -0.05) is 28.1 Å². The molecule has 0 N–H and O–H groups in total. The first-order valence-electron chi connectivity index (χ1n) is 12.3. The van der Waals surface area contributed by atoms with Crippen LogP contribution in [-0.2, 0) is 0 Å². The van der Waals surface area contributed by atoms with Crippen LogP contribution in [0.4, 0.5) is 5.69 Å². The highest BCUT2D eigenvalue weighted by molar-refractivity contribution is 9.10. The molecule has 0 bridgehead atoms. The average molecular weight is 573 g/mol. The van der Waals surface area contributed by atoms with Gasteiger partial charge in [-0.2, -0.15) is 9.78 Å². The highest BCUT2D eigenvalue weighted by atomic mass is 79.9. The molecule has 192 valence electrons. The second-order valence-electron chi connectivity index (χ2n) is 9.07. The zero-order valence-corrected chi connectivity index (χ0v) is 22.6. The number of hydrogen-bond donors (Lipinski definition) is 0. The molecule has 0 atom stereocenters. The summed E-state index contributed by atoms with van der Waals surface area (Å²) < 4.78 is 19.7. The van der Waals surface area contributed by atoms with Crippen molar-refractivity contribution in [3.8, 4) is 23.1 Å². The summed E-state index contributed by atoms with van der Waals surface area (Å²) in [7, 11) is 3.27. The fourth-order valence-electron chi connectivity index (χ4n) is 4.85. The number of hydrogen-bond acceptors (Lipinski definition) is 7. The Hall–Kier alpha value is -4.11. The van der Waals surface area contributed by atoms with Crippen LogP contribution < -0.4 is 19.9 Å². The molecule has 1 saturated heterocycles. The Kier molecular flexibility index (Phi) is 6.37. The van der Waals surface area contributed by atoms with Crippen LogP contribution in [0, 0.1) is 0 Å². The van der Waals surface area contributed by atoms with Gasteiger partial charge in [-0.05, 0) is 55.3 Å². The van der Waals surface area contributed by atoms with E-state index in [-0.39, 0.29) is 5.56 Å². The quantitative estimate of drug-likeness (QED) is 0.230. The summed E-state index contributed by atoms with van der Waals surface area (Å²) in [6, 6.07) is 18.6. The predicted molar refractivity (Wildman–Crippen MR) is 153 cm³/mol. The van der Waals surface area contributed by atoms with Gasteiger partial charge < -0.3 is 18.8 Å². The number of nitrogens with zero attached hydrogens (tertiary/aromatic N) is 4. The number of benzene rings is 3. The van der Waals surface area contributed by atoms with Gasteiger partial charge in [0.05, 0.1) is 37.0 Å². The van der Waals surface area contributed by atoms with Crippen molar-refractivity contribution in [2.45, 2.75) is 12.8 Å². The van der Waals surface area contributed by atoms with E-state index in [1.807, 2.05) is 48.5 Å². The van der Waals surface area contributed by atoms with Crippen molar-refractivity contribution in [1.29, 1.82) is 0 Å². The Morgan fingerprint density at radius 1 is 1.00 bits per heavy atom. The van der Waals surface area contributed by atoms with Crippen molar-refractivity contribution in [3.63, 3.8) is 0 Å². The highest BCUT2D eigenvalue weighted by Gasteiger charge is 2.20. The molecule has 5 aromatic rings. The summed E-state index contributed by atoms with van der Waals surface area (Å²) in [4.78, 5) is 20.7. The first-order chi connectivity index (χ1) is 18.6. The molecule has 8 nitrogen and oxygen atoms in total. The lowest BCUT2D eigenvalue weighted by atomic mass is 10.1. The van der Waals surface area contributed by atoms with Crippen molar-refractivity contribution in [2.24, 2.45) is 5.10 Å². The largest absolute Gasteiger partial charge is 0.496 e. The number of rotatable bonds is 6. The monoisotopic (exact) mass is 572 g/mol. The third-order valence-electron chi connectivity index (χ3n) is 6.74. The van der Waals surface area contributed by atoms with E-state index in [0.29, 0.717) is 39.4 Å². The Labute approximate surface area is 227 Å². The zero-order chi connectivity index (χ0) is 26.2. The number of halogens is 1. The minimum atomic E-state index is -0.303. The maximum atomic E-state index is 13.6. The molecule has 0 unspecified atom stereocenters. The van der Waals surface area contributed by atoms with Crippen LogP contribution in [-0.4, -0.2) is 43.2 Å². The smallest absolute Gasteiger partial charge is 0.282 e. The summed E-state index contributed by atoms with van der Waals surface area (Å²) in [6.07, 6.45) is 3.89. The van der Waals surface area contributed by atoms with E-state index in [1.54, 1.807) is 32.6 Å². The van der Waals surface area contributed by atoms with Gasteiger partial charge in [0, 0.05) is 34.6 Å². The van der Waals surface area contributed by atoms with Gasteiger partial charge in [-0.15, -0.1) is 0 Å². The van der Waals surface area contributed by atoms with Crippen molar-refractivity contribution in [2.75, 3.05) is 32.2 Å². The van der Waals surface area contributed by atoms with E-state index in [9.17, 15) is 4.79 Å². The van der Waals surface area contributed by atoms with E-state index in [4.69, 9.17) is 18.9 Å². The fraction of sp³-hybridized carbons (Fsp3) is 0.207. The summed E-state index contributed by atoms with van der Waals surface area (Å²) in [5.41, 5.74) is 2.60. The van der Waals surface area contributed by atoms with Crippen LogP contribution in [0.2, 0.25) is 0 Å². The van der Waals surface area contributed by atoms with Crippen LogP contribution in [0.15, 0.2) is 79.4 Å². The normalized spacial score (nSPS) is 13.7. The van der Waals surface area contributed by atoms with Crippen LogP contribution in [0.25, 0.3) is 33.5 Å². The molecule has 2 aromatic heterocycles. The average Bonchev–Trinajstić information content (AvgIpc) is 3.62. The molecule has 0 radical (unpaired) electrons. The van der Waals surface area contributed by atoms with Gasteiger partial charge in [-0.25, -0.2) is 4.98 Å². The van der Waals surface area contributed by atoms with Crippen molar-refractivity contribution < 1.29 is 13.9 Å². The van der Waals surface area contributed by atoms with E-state index in [2.05, 4.69) is 25.9 Å². The van der Waals surface area contributed by atoms with E-state index < -0.39 is 0 Å². The number of para-hydroxylation sites is 1. The van der Waals surface area contributed by atoms with Gasteiger partial charge in [-0.3, -0.25) is 4.79 Å². The lowest BCUT2D eigenvalue weighted by molar-refractivity contribution is 0.402. The minimum Gasteiger partial charge on any atom is -0.496 e. The van der Waals surface area contributed by atoms with Gasteiger partial charge >= 0.3 is 0 Å². The first kappa shape index (κ1) is 24.2. The Morgan fingerprint density at radius 2 is 1.79 bits per heavy atom. The number of furan rings is 1. The van der Waals surface area contributed by atoms with Gasteiger partial charge in [0.25, 0.3) is 5.56 Å². The molecule has 3 heterocycles. The molecule has 0 aliphatic carbocycles. The fourth-order valence-corrected chi connectivity index (χ4v) is 5.22. The highest BCUT2D eigenvalue weighted by Crippen LogP contribution is 2.36. The Morgan fingerprint density at radius 3 is 2.58 bits per heavy atom. The number of methoxy groups -OCH3 is 2. The van der Waals surface area contributed by atoms with Gasteiger partial charge in [0.1, 0.15) is 17.1 Å². The maximum Gasteiger partial charge on any atom is 0.282 e. The summed E-state index contributed by atoms with van der Waals surface area (Å²) in [5, 5.41) is 5.94. The molecule has 3 aromatic carbocycles. The van der Waals surface area contributed by atoms with E-state index in [0.717, 1.165) is 47.2 Å². The molecule has 1 aliphatic heterocycles. The number of fused-ring (bicyclic) bond motifs is 2. The summed E-state index contributed by atoms with van der Waals surface area (Å²) in [6.45, 7) is 1.95. The Balaban J connectivity index is 1.51. The van der Waals surface area contributed by atoms with Crippen LogP contribution in [0.1, 0.15) is 18.4 Å². The third-order valence-corrected chi connectivity index (χ3v) is 7.24. The van der Waals surface area contributed by atoms with E-state index in [1.165, 1.54) is 4.68 Å². The number of aromatic nitrogens is 2. The molecule has 1 aliphatic rings. The van der Waals surface area contributed by atoms with Crippen LogP contribution in [0.3, 0.4) is 0 Å². The van der Waals surface area contributed by atoms with Crippen molar-refractivity contribution in [3.05, 3.63) is 81.1 Å². The minimum absolute atomic E-state index is 0.303. The molecule has 1 fully saturated rings. The molecular formula is C29H25BrN4O4. The molecule has 0 amide bonds. The van der Waals surface area contributed by atoms with Gasteiger partial charge in [0.2, 0.25) is 5.82 Å². The first-order valence-corrected chi connectivity index (χ1v) is 13.1. The lowest BCUT2D eigenvalue weighted by Crippen LogP contribution is -2.20. The van der Waals surface area contributed by atoms with E-state index >= 15 is 0 Å². The standard InChI is InChI=1S/C29H25BrN4O4/c1-36-25-16-23(33-11-5-6-12-33)26(37-2)15-19(25)17-31-34-28(32-22-8-4-3-7-21(22)29(34)35)27-14-18-13-20(30)9-10-24(18)38-27/h3-4,7-10,13-17H,5-6,11-12H2,1-2H3. The van der Waals surface area contributed by atoms with Crippen LogP contribution in [0.5, 0.6) is 11.5 Å². The van der Waals surface area contributed by atoms with Crippen LogP contribution >= 0.6 is 15.9 Å². The molecular weight excluding hydrogens is 548 g/mol. The topological polar surface area (TPSA) is 82.1 Å². The molecule has 9 heteroatoms. The SMILES string of the molecule is COc1cc(N2CCCC2)c(OC)cc1C=Nn1c(-c2cc3cc(Br)ccc3o2)nc2ccccc2c1=O. The molecule has 6 rings (SSSR count). The summed E-state index contributed by atoms with van der Waals surface area (Å²) in [5.74, 6) is 2.10. The molecule has 0 spiro atoms. The van der Waals surface area contributed by atoms with Gasteiger partial charge in [0.15, 0.2) is 5.76 Å².